The molecule has 194 valence electrons. The second kappa shape index (κ2) is 9.07. The van der Waals surface area contributed by atoms with Crippen LogP contribution < -0.4 is 0 Å². The third-order valence-corrected chi connectivity index (χ3v) is 8.13. The Morgan fingerprint density at radius 3 is 2.46 bits per heavy atom. The Hall–Kier alpha value is -3.02. The van der Waals surface area contributed by atoms with E-state index < -0.39 is 16.8 Å². The van der Waals surface area contributed by atoms with Gasteiger partial charge in [-0.15, -0.1) is 6.42 Å². The fourth-order valence-corrected chi connectivity index (χ4v) is 5.94. The lowest BCUT2D eigenvalue weighted by atomic mass is 9.73. The molecular formula is C30H34N2O5. The zero-order valence-electron chi connectivity index (χ0n) is 21.4. The zero-order chi connectivity index (χ0) is 26.5. The van der Waals surface area contributed by atoms with Crippen LogP contribution in [0.2, 0.25) is 0 Å². The van der Waals surface area contributed by atoms with E-state index in [9.17, 15) is 20.1 Å². The molecule has 1 unspecified atom stereocenters. The van der Waals surface area contributed by atoms with Gasteiger partial charge in [-0.2, -0.15) is 0 Å². The van der Waals surface area contributed by atoms with Crippen molar-refractivity contribution in [2.24, 2.45) is 5.41 Å². The molecule has 0 spiro atoms. The number of rotatable bonds is 7. The van der Waals surface area contributed by atoms with Gasteiger partial charge in [-0.1, -0.05) is 50.1 Å². The van der Waals surface area contributed by atoms with Crippen molar-refractivity contribution in [3.8, 4) is 12.3 Å². The maximum absolute atomic E-state index is 13.1. The van der Waals surface area contributed by atoms with Crippen LogP contribution in [-0.4, -0.2) is 55.5 Å². The van der Waals surface area contributed by atoms with Crippen LogP contribution in [0, 0.1) is 17.8 Å². The fraction of sp³-hybridized carbons (Fsp3) is 0.467. The topological polar surface area (TPSA) is 116 Å². The number of aliphatic hydroxyl groups is 3. The smallest absolute Gasteiger partial charge is 0.202 e. The molecule has 2 aromatic rings. The number of aliphatic hydroxyl groups excluding tert-OH is 2. The summed E-state index contributed by atoms with van der Waals surface area (Å²) < 4.78 is 6.04. The number of benzene rings is 1. The molecule has 7 heteroatoms. The fourth-order valence-electron chi connectivity index (χ4n) is 5.94. The number of ether oxygens (including phenoxy) is 1. The SMILES string of the molecule is C#Cc1cnc(C(=O)Cc2ccc(C3(O)C[C@@]4(CO)C=C[C@@](CO)(C3)O4)cc2C2=CCC(C)(C)CC2)[nH]1. The van der Waals surface area contributed by atoms with Crippen molar-refractivity contribution in [1.82, 2.24) is 9.97 Å². The van der Waals surface area contributed by atoms with Crippen LogP contribution in [0.15, 0.2) is 42.6 Å². The maximum Gasteiger partial charge on any atom is 0.202 e. The summed E-state index contributed by atoms with van der Waals surface area (Å²) in [5.41, 5.74) is 0.850. The number of ketones is 1. The molecule has 7 nitrogen and oxygen atoms in total. The van der Waals surface area contributed by atoms with Crippen LogP contribution in [0.25, 0.3) is 5.57 Å². The summed E-state index contributed by atoms with van der Waals surface area (Å²) in [6.45, 7) is 3.90. The summed E-state index contributed by atoms with van der Waals surface area (Å²) in [6.07, 6.45) is 15.9. The average molecular weight is 503 g/mol. The summed E-state index contributed by atoms with van der Waals surface area (Å²) in [4.78, 5) is 20.1. The van der Waals surface area contributed by atoms with Crippen LogP contribution in [0.1, 0.15) is 79.0 Å². The molecule has 3 aliphatic rings. The third kappa shape index (κ3) is 4.71. The van der Waals surface area contributed by atoms with Crippen LogP contribution in [0.5, 0.6) is 0 Å². The standard InChI is InChI=1S/C30H34N2O5/c1-4-23-15-31-26(32-23)25(35)13-21-5-6-22(14-24(21)20-7-9-27(2,3)10-8-20)30(36)16-28(18-33)11-12-29(17-30,19-34)37-28/h1,5-7,11-12,14-15,33-34,36H,8-10,13,16-19H2,2-3H3,(H,31,32)/t28-,29+,30?. The molecule has 4 N–H and O–H groups in total. The lowest BCUT2D eigenvalue weighted by Gasteiger charge is -2.47. The molecule has 37 heavy (non-hydrogen) atoms. The van der Waals surface area contributed by atoms with Gasteiger partial charge in [0.2, 0.25) is 5.78 Å². The Bertz CT molecular complexity index is 1310. The molecule has 1 fully saturated rings. The molecule has 1 aliphatic carbocycles. The first-order valence-corrected chi connectivity index (χ1v) is 12.8. The Labute approximate surface area is 217 Å². The molecule has 3 atom stereocenters. The van der Waals surface area contributed by atoms with Gasteiger partial charge in [0.05, 0.1) is 25.0 Å². The first-order valence-electron chi connectivity index (χ1n) is 12.8. The Morgan fingerprint density at radius 2 is 1.89 bits per heavy atom. The second-order valence-corrected chi connectivity index (χ2v) is 11.6. The van der Waals surface area contributed by atoms with E-state index in [0.717, 1.165) is 36.0 Å². The number of carbonyl (C=O) groups is 1. The second-order valence-electron chi connectivity index (χ2n) is 11.6. The zero-order valence-corrected chi connectivity index (χ0v) is 21.4. The van der Waals surface area contributed by atoms with E-state index in [4.69, 9.17) is 11.2 Å². The molecule has 5 rings (SSSR count). The summed E-state index contributed by atoms with van der Waals surface area (Å²) in [6, 6.07) is 5.71. The van der Waals surface area contributed by atoms with E-state index >= 15 is 0 Å². The number of aromatic nitrogens is 2. The molecule has 0 saturated carbocycles. The van der Waals surface area contributed by atoms with Crippen molar-refractivity contribution in [3.63, 3.8) is 0 Å². The van der Waals surface area contributed by atoms with Crippen LogP contribution in [-0.2, 0) is 16.8 Å². The molecule has 0 amide bonds. The number of hydrogen-bond acceptors (Lipinski definition) is 6. The predicted molar refractivity (Wildman–Crippen MR) is 140 cm³/mol. The number of nitrogens with one attached hydrogen (secondary N) is 1. The number of carbonyl (C=O) groups excluding carboxylic acids is 1. The summed E-state index contributed by atoms with van der Waals surface area (Å²) in [5.74, 6) is 2.51. The van der Waals surface area contributed by atoms with Crippen LogP contribution in [0.4, 0.5) is 0 Å². The van der Waals surface area contributed by atoms with Gasteiger partial charge < -0.3 is 25.0 Å². The molecule has 2 aliphatic heterocycles. The number of hydrogen-bond donors (Lipinski definition) is 4. The number of H-pyrrole nitrogens is 1. The quantitative estimate of drug-likeness (QED) is 0.262. The Balaban J connectivity index is 1.53. The highest BCUT2D eigenvalue weighted by atomic mass is 16.6. The molecule has 3 heterocycles. The largest absolute Gasteiger partial charge is 0.393 e. The number of fused-ring (bicyclic) bond motifs is 2. The Kier molecular flexibility index (Phi) is 6.28. The van der Waals surface area contributed by atoms with E-state index in [2.05, 4.69) is 35.8 Å². The van der Waals surface area contributed by atoms with E-state index in [-0.39, 0.29) is 49.5 Å². The lowest BCUT2D eigenvalue weighted by molar-refractivity contribution is -0.220. The van der Waals surface area contributed by atoms with Gasteiger partial charge >= 0.3 is 0 Å². The summed E-state index contributed by atoms with van der Waals surface area (Å²) in [7, 11) is 0. The van der Waals surface area contributed by atoms with Gasteiger partial charge in [0.15, 0.2) is 5.82 Å². The van der Waals surface area contributed by atoms with E-state index in [1.165, 1.54) is 6.20 Å². The molecule has 1 saturated heterocycles. The molecular weight excluding hydrogens is 468 g/mol. The van der Waals surface area contributed by atoms with E-state index in [1.54, 1.807) is 12.2 Å². The highest BCUT2D eigenvalue weighted by Gasteiger charge is 2.57. The van der Waals surface area contributed by atoms with Gasteiger partial charge in [0.1, 0.15) is 16.9 Å². The first-order chi connectivity index (χ1) is 17.5. The van der Waals surface area contributed by atoms with Gasteiger partial charge in [0.25, 0.3) is 0 Å². The highest BCUT2D eigenvalue weighted by Crippen LogP contribution is 2.52. The van der Waals surface area contributed by atoms with Crippen molar-refractivity contribution in [2.75, 3.05) is 13.2 Å². The van der Waals surface area contributed by atoms with Crippen LogP contribution in [0.3, 0.4) is 0 Å². The predicted octanol–water partition coefficient (Wildman–Crippen LogP) is 3.44. The first kappa shape index (κ1) is 25.6. The number of nitrogens with zero attached hydrogens (tertiary/aromatic N) is 1. The van der Waals surface area contributed by atoms with E-state index in [0.29, 0.717) is 11.3 Å². The normalized spacial score (nSPS) is 30.1. The van der Waals surface area contributed by atoms with Gasteiger partial charge in [-0.3, -0.25) is 4.79 Å². The Morgan fingerprint density at radius 1 is 1.19 bits per heavy atom. The average Bonchev–Trinajstić information content (AvgIpc) is 3.48. The number of terminal acetylenes is 1. The van der Waals surface area contributed by atoms with Gasteiger partial charge in [-0.05, 0) is 53.0 Å². The number of Topliss-reactive ketones (excluding diaryl/α,β-unsaturated/α-hetero) is 1. The molecule has 1 aromatic heterocycles. The lowest BCUT2D eigenvalue weighted by Crippen LogP contribution is -2.55. The minimum Gasteiger partial charge on any atom is -0.393 e. The molecule has 0 radical (unpaired) electrons. The van der Waals surface area contributed by atoms with Crippen molar-refractivity contribution in [1.29, 1.82) is 0 Å². The van der Waals surface area contributed by atoms with Gasteiger partial charge in [-0.25, -0.2) is 4.98 Å². The minimum absolute atomic E-state index is 0.137. The van der Waals surface area contributed by atoms with Crippen molar-refractivity contribution < 1.29 is 24.9 Å². The third-order valence-electron chi connectivity index (χ3n) is 8.13. The minimum atomic E-state index is -1.33. The van der Waals surface area contributed by atoms with Crippen molar-refractivity contribution in [2.45, 2.75) is 69.2 Å². The summed E-state index contributed by atoms with van der Waals surface area (Å²) >= 11 is 0. The highest BCUT2D eigenvalue weighted by molar-refractivity contribution is 5.95. The van der Waals surface area contributed by atoms with E-state index in [1.807, 2.05) is 18.2 Å². The van der Waals surface area contributed by atoms with Crippen molar-refractivity contribution >= 4 is 11.4 Å². The number of aromatic amines is 1. The number of allylic oxidation sites excluding steroid dienone is 2. The van der Waals surface area contributed by atoms with Crippen molar-refractivity contribution in [3.05, 3.63) is 70.8 Å². The number of imidazole rings is 1. The monoisotopic (exact) mass is 502 g/mol. The molecule has 2 bridgehead atoms. The van der Waals surface area contributed by atoms with Crippen LogP contribution >= 0.6 is 0 Å². The maximum atomic E-state index is 13.1. The molecule has 1 aromatic carbocycles. The summed E-state index contributed by atoms with van der Waals surface area (Å²) in [5, 5.41) is 32.1. The van der Waals surface area contributed by atoms with Gasteiger partial charge in [0, 0.05) is 19.3 Å².